The number of benzene rings is 7. The molecule has 0 radical (unpaired) electrons. The fourth-order valence-corrected chi connectivity index (χ4v) is 12.3. The van der Waals surface area contributed by atoms with Gasteiger partial charge in [0.15, 0.2) is 52.4 Å². The lowest BCUT2D eigenvalue weighted by molar-refractivity contribution is 0.373. The molecule has 0 bridgehead atoms. The minimum atomic E-state index is -6.46. The molecule has 68 heavy (non-hydrogen) atoms. The Kier molecular flexibility index (Phi) is 14.3. The van der Waals surface area contributed by atoms with Crippen molar-refractivity contribution >= 4 is 47.4 Å². The Morgan fingerprint density at radius 3 is 0.956 bits per heavy atom. The summed E-state index contributed by atoms with van der Waals surface area (Å²) < 4.78 is 243. The Balaban J connectivity index is 1.70. The van der Waals surface area contributed by atoms with Gasteiger partial charge in [-0.05, 0) is 41.0 Å². The molecule has 0 saturated carbocycles. The molecule has 7 aromatic carbocycles. The lowest BCUT2D eigenvalue weighted by Crippen LogP contribution is -2.74. The van der Waals surface area contributed by atoms with Gasteiger partial charge in [-0.25, -0.2) is 65.9 Å². The lowest BCUT2D eigenvalue weighted by atomic mass is 9.27. The highest BCUT2D eigenvalue weighted by Crippen LogP contribution is 2.72. The van der Waals surface area contributed by atoms with Gasteiger partial charge >= 0.3 is 0 Å². The highest BCUT2D eigenvalue weighted by molar-refractivity contribution is 7.77. The molecule has 0 saturated heterocycles. The van der Waals surface area contributed by atoms with E-state index in [1.807, 2.05) is 0 Å². The van der Waals surface area contributed by atoms with Crippen LogP contribution in [0.1, 0.15) is 22.3 Å². The Morgan fingerprint density at radius 2 is 0.676 bits per heavy atom. The van der Waals surface area contributed by atoms with E-state index in [2.05, 4.69) is 6.58 Å². The van der Waals surface area contributed by atoms with Crippen molar-refractivity contribution in [1.82, 2.24) is 0 Å². The first-order chi connectivity index (χ1) is 32.2. The van der Waals surface area contributed by atoms with E-state index in [0.717, 1.165) is 30.3 Å². The fourth-order valence-electron chi connectivity index (χ4n) is 8.10. The van der Waals surface area contributed by atoms with Crippen LogP contribution in [0.3, 0.4) is 0 Å². The normalized spacial score (nSPS) is 12.1. The molecule has 0 aliphatic carbocycles. The summed E-state index contributed by atoms with van der Waals surface area (Å²) in [6, 6.07) is 29.8. The van der Waals surface area contributed by atoms with Crippen LogP contribution in [0, 0.1) is 87.3 Å². The minimum Gasteiger partial charge on any atom is -0.702 e. The largest absolute Gasteiger partial charge is 0.702 e. The van der Waals surface area contributed by atoms with Crippen LogP contribution in [-0.4, -0.2) is 6.35 Å². The monoisotopic (exact) mass is 994 g/mol. The summed E-state index contributed by atoms with van der Waals surface area (Å²) in [6.07, 6.45) is -5.26. The highest BCUT2D eigenvalue weighted by Gasteiger charge is 2.52. The average Bonchev–Trinajstić information content (AvgIpc) is 3.33. The quantitative estimate of drug-likeness (QED) is 0.0201. The van der Waals surface area contributed by atoms with Crippen LogP contribution in [0.2, 0.25) is 5.02 Å². The van der Waals surface area contributed by atoms with Gasteiger partial charge in [-0.1, -0.05) is 126 Å². The van der Waals surface area contributed by atoms with Gasteiger partial charge in [-0.2, -0.15) is 0 Å². The Morgan fingerprint density at radius 1 is 0.412 bits per heavy atom. The minimum absolute atomic E-state index is 0.0593. The second kappa shape index (κ2) is 19.6. The molecule has 0 atom stereocenters. The van der Waals surface area contributed by atoms with Gasteiger partial charge in [0.05, 0.1) is 36.8 Å². The molecule has 350 valence electrons. The van der Waals surface area contributed by atoms with Gasteiger partial charge in [-0.3, -0.25) is 0 Å². The zero-order valence-electron chi connectivity index (χ0n) is 34.4. The van der Waals surface area contributed by atoms with Crippen molar-refractivity contribution in [2.75, 3.05) is 0 Å². The van der Waals surface area contributed by atoms with E-state index >= 15 is 52.7 Å². The third-order valence-corrected chi connectivity index (χ3v) is 15.8. The second-order valence-electron chi connectivity index (χ2n) is 15.4. The van der Waals surface area contributed by atoms with Crippen LogP contribution in [0.4, 0.5) is 65.9 Å². The molecule has 0 heterocycles. The van der Waals surface area contributed by atoms with Crippen molar-refractivity contribution in [2.45, 2.75) is 18.5 Å². The number of hydrogen-bond donors (Lipinski definition) is 0. The van der Waals surface area contributed by atoms with Gasteiger partial charge in [0.2, 0.25) is 0 Å². The topological polar surface area (TPSA) is 9.23 Å². The van der Waals surface area contributed by atoms with Gasteiger partial charge < -0.3 is 4.65 Å². The number of allylic oxidation sites excluding steroid dienone is 2. The van der Waals surface area contributed by atoms with E-state index < -0.39 is 129 Å². The summed E-state index contributed by atoms with van der Waals surface area (Å²) >= 11 is 6.14. The smallest absolute Gasteiger partial charge is 0.266 e. The van der Waals surface area contributed by atoms with Crippen molar-refractivity contribution in [1.29, 1.82) is 0 Å². The fraction of sp³-hybridized carbons (Fsp3) is 0.0612. The van der Waals surface area contributed by atoms with E-state index in [1.54, 1.807) is 91.0 Å². The van der Waals surface area contributed by atoms with Crippen molar-refractivity contribution in [3.05, 3.63) is 248 Å². The molecule has 19 heteroatoms. The molecule has 7 rings (SSSR count). The maximum absolute atomic E-state index is 16.6. The summed E-state index contributed by atoms with van der Waals surface area (Å²) in [6.45, 7) is 4.29. The lowest BCUT2D eigenvalue weighted by Gasteiger charge is -2.46. The highest BCUT2D eigenvalue weighted by atomic mass is 35.5. The van der Waals surface area contributed by atoms with E-state index in [-0.39, 0.29) is 28.8 Å². The second-order valence-corrected chi connectivity index (χ2v) is 19.7. The summed E-state index contributed by atoms with van der Waals surface area (Å²) in [5.74, 6) is -48.6. The molecule has 0 aromatic heterocycles. The van der Waals surface area contributed by atoms with Crippen molar-refractivity contribution in [2.24, 2.45) is 0 Å². The summed E-state index contributed by atoms with van der Waals surface area (Å²) in [7, 11) is -3.17. The maximum atomic E-state index is 16.6. The van der Waals surface area contributed by atoms with Crippen LogP contribution in [0.25, 0.3) is 5.76 Å². The molecule has 0 spiro atoms. The Hall–Kier alpha value is -6.45. The first kappa shape index (κ1) is 49.5. The van der Waals surface area contributed by atoms with Gasteiger partial charge in [0, 0.05) is 16.7 Å². The summed E-state index contributed by atoms with van der Waals surface area (Å²) in [4.78, 5) is 0. The first-order valence-electron chi connectivity index (χ1n) is 19.8. The van der Waals surface area contributed by atoms with Gasteiger partial charge in [-0.15, -0.1) is 0 Å². The van der Waals surface area contributed by atoms with Crippen LogP contribution >= 0.6 is 18.9 Å². The van der Waals surface area contributed by atoms with Crippen molar-refractivity contribution in [3.8, 4) is 0 Å². The number of rotatable bonds is 14. The zero-order valence-corrected chi connectivity index (χ0v) is 36.0. The maximum Gasteiger partial charge on any atom is 0.266 e. The molecule has 7 aromatic rings. The Labute approximate surface area is 383 Å². The van der Waals surface area contributed by atoms with Crippen LogP contribution < -0.4 is 16.4 Å². The van der Waals surface area contributed by atoms with E-state index in [0.29, 0.717) is 16.7 Å². The van der Waals surface area contributed by atoms with Gasteiger partial charge in [0.1, 0.15) is 34.9 Å². The molecule has 0 amide bonds. The molecule has 0 fully saturated rings. The number of hydrogen-bond acceptors (Lipinski definition) is 1. The summed E-state index contributed by atoms with van der Waals surface area (Å²) in [5, 5.41) is -0.155. The number of halogens is 16. The van der Waals surface area contributed by atoms with Crippen molar-refractivity contribution < 1.29 is 70.5 Å². The molecule has 0 aliphatic heterocycles. The SMILES string of the molecule is C=C(/C=C(/O[B-](c1c(F)c(F)c(F)c(F)c1F)(c1c(F)c(F)c(F)c(F)c1F)c1c(F)c(F)c(F)c(F)c1F)c1ccc(Cl)cc1)[P+](Cc1ccccc1)(Cc1ccccc1)Cc1ccccc1. The van der Waals surface area contributed by atoms with E-state index in [4.69, 9.17) is 16.3 Å². The standard InChI is InChI=1S/C49H28BClF15OP/c1-25(68(22-26-11-5-2-6-12-26,23-27-13-7-3-8-14-27)24-28-15-9-4-10-16-28)21-31(29-17-19-30(51)20-18-29)67-50(32-35(52)41(58)47(64)42(59)36(32)53,33-37(54)43(60)48(65)44(61)38(33)55)34-39(56)45(62)49(66)46(63)40(34)57/h2-21H,1,22-24H2/b31-21+. The third kappa shape index (κ3) is 8.89. The molecular formula is C49H28BClF15OP. The predicted octanol–water partition coefficient (Wildman–Crippen LogP) is 13.6. The summed E-state index contributed by atoms with van der Waals surface area (Å²) in [5.41, 5.74) is -7.31. The zero-order chi connectivity index (χ0) is 49.4. The first-order valence-corrected chi connectivity index (χ1v) is 22.5. The Bertz CT molecular complexity index is 2750. The third-order valence-electron chi connectivity index (χ3n) is 11.3. The van der Waals surface area contributed by atoms with E-state index in [1.165, 1.54) is 0 Å². The predicted molar refractivity (Wildman–Crippen MR) is 230 cm³/mol. The molecular weight excluding hydrogens is 967 g/mol. The van der Waals surface area contributed by atoms with Crippen LogP contribution in [-0.2, 0) is 23.1 Å². The molecule has 0 aliphatic rings. The molecule has 0 N–H and O–H groups in total. The van der Waals surface area contributed by atoms with Gasteiger partial charge in [0.25, 0.3) is 6.35 Å². The average molecular weight is 995 g/mol. The van der Waals surface area contributed by atoms with Crippen LogP contribution in [0.5, 0.6) is 0 Å². The van der Waals surface area contributed by atoms with Crippen LogP contribution in [0.15, 0.2) is 133 Å². The van der Waals surface area contributed by atoms with E-state index in [9.17, 15) is 13.2 Å². The molecule has 0 unspecified atom stereocenters. The molecule has 1 nitrogen and oxygen atoms in total. The van der Waals surface area contributed by atoms with Crippen molar-refractivity contribution in [3.63, 3.8) is 0 Å².